The van der Waals surface area contributed by atoms with E-state index < -0.39 is 0 Å². The highest BCUT2D eigenvalue weighted by Gasteiger charge is 2.08. The molecule has 2 rings (SSSR count). The third-order valence-corrected chi connectivity index (χ3v) is 3.38. The number of ether oxygens (including phenoxy) is 1. The molecule has 0 saturated carbocycles. The Kier molecular flexibility index (Phi) is 4.49. The topological polar surface area (TPSA) is 45.0 Å². The first kappa shape index (κ1) is 14.2. The second-order valence-electron chi connectivity index (χ2n) is 4.45. The zero-order valence-electron chi connectivity index (χ0n) is 11.4. The van der Waals surface area contributed by atoms with E-state index in [2.05, 4.69) is 12.2 Å². The molecule has 2 aromatic rings. The van der Waals surface area contributed by atoms with Gasteiger partial charge in [-0.15, -0.1) is 0 Å². The Bertz CT molecular complexity index is 649. The van der Waals surface area contributed by atoms with Crippen LogP contribution in [0.3, 0.4) is 0 Å². The van der Waals surface area contributed by atoms with E-state index in [1.807, 2.05) is 36.4 Å². The lowest BCUT2D eigenvalue weighted by atomic mass is 10.1. The quantitative estimate of drug-likeness (QED) is 0.906. The molecule has 3 nitrogen and oxygen atoms in total. The second-order valence-corrected chi connectivity index (χ2v) is 4.86. The summed E-state index contributed by atoms with van der Waals surface area (Å²) in [4.78, 5) is 0. The SMILES string of the molecule is COc1cccc(C(C)Nc2ccc(C#N)c(Cl)c2)c1. The number of halogens is 1. The fourth-order valence-corrected chi connectivity index (χ4v) is 2.16. The number of anilines is 1. The Labute approximate surface area is 123 Å². The summed E-state index contributed by atoms with van der Waals surface area (Å²) in [7, 11) is 1.65. The third-order valence-electron chi connectivity index (χ3n) is 3.07. The molecule has 0 amide bonds. The average Bonchev–Trinajstić information content (AvgIpc) is 2.47. The predicted molar refractivity (Wildman–Crippen MR) is 81.2 cm³/mol. The van der Waals surface area contributed by atoms with Crippen LogP contribution in [-0.2, 0) is 0 Å². The Morgan fingerprint density at radius 2 is 2.05 bits per heavy atom. The molecule has 0 bridgehead atoms. The summed E-state index contributed by atoms with van der Waals surface area (Å²) in [5.74, 6) is 0.828. The van der Waals surface area contributed by atoms with Crippen LogP contribution in [0.15, 0.2) is 42.5 Å². The molecule has 2 aromatic carbocycles. The summed E-state index contributed by atoms with van der Waals surface area (Å²) < 4.78 is 5.22. The van der Waals surface area contributed by atoms with E-state index in [-0.39, 0.29) is 6.04 Å². The number of nitriles is 1. The van der Waals surface area contributed by atoms with Crippen LogP contribution < -0.4 is 10.1 Å². The molecule has 0 aliphatic carbocycles. The molecule has 0 spiro atoms. The zero-order valence-corrected chi connectivity index (χ0v) is 12.1. The van der Waals surface area contributed by atoms with Crippen molar-refractivity contribution in [3.63, 3.8) is 0 Å². The molecule has 1 N–H and O–H groups in total. The first-order valence-electron chi connectivity index (χ1n) is 6.24. The van der Waals surface area contributed by atoms with Crippen LogP contribution in [0.4, 0.5) is 5.69 Å². The van der Waals surface area contributed by atoms with Crippen molar-refractivity contribution in [2.45, 2.75) is 13.0 Å². The van der Waals surface area contributed by atoms with Crippen LogP contribution in [-0.4, -0.2) is 7.11 Å². The van der Waals surface area contributed by atoms with Gasteiger partial charge in [-0.25, -0.2) is 0 Å². The van der Waals surface area contributed by atoms with Crippen molar-refractivity contribution < 1.29 is 4.74 Å². The van der Waals surface area contributed by atoms with Gasteiger partial charge in [0.25, 0.3) is 0 Å². The van der Waals surface area contributed by atoms with Crippen LogP contribution in [0.1, 0.15) is 24.1 Å². The minimum atomic E-state index is 0.106. The fraction of sp³-hybridized carbons (Fsp3) is 0.188. The molecule has 0 saturated heterocycles. The third kappa shape index (κ3) is 3.23. The van der Waals surface area contributed by atoms with E-state index in [0.29, 0.717) is 10.6 Å². The molecule has 0 aliphatic heterocycles. The summed E-state index contributed by atoms with van der Waals surface area (Å²) in [6, 6.07) is 15.4. The highest BCUT2D eigenvalue weighted by molar-refractivity contribution is 6.32. The number of hydrogen-bond acceptors (Lipinski definition) is 3. The summed E-state index contributed by atoms with van der Waals surface area (Å²) in [6.07, 6.45) is 0. The average molecular weight is 287 g/mol. The van der Waals surface area contributed by atoms with Gasteiger partial charge in [-0.2, -0.15) is 5.26 Å². The summed E-state index contributed by atoms with van der Waals surface area (Å²) in [6.45, 7) is 2.06. The Morgan fingerprint density at radius 3 is 2.70 bits per heavy atom. The van der Waals surface area contributed by atoms with E-state index >= 15 is 0 Å². The van der Waals surface area contributed by atoms with E-state index in [1.54, 1.807) is 19.2 Å². The maximum atomic E-state index is 8.86. The van der Waals surface area contributed by atoms with Crippen LogP contribution in [0, 0.1) is 11.3 Å². The first-order valence-corrected chi connectivity index (χ1v) is 6.62. The van der Waals surface area contributed by atoms with Crippen molar-refractivity contribution in [3.8, 4) is 11.8 Å². The van der Waals surface area contributed by atoms with E-state index in [9.17, 15) is 0 Å². The van der Waals surface area contributed by atoms with Crippen LogP contribution >= 0.6 is 11.6 Å². The van der Waals surface area contributed by atoms with Gasteiger partial charge < -0.3 is 10.1 Å². The predicted octanol–water partition coefficient (Wildman–Crippen LogP) is 4.39. The highest BCUT2D eigenvalue weighted by Crippen LogP contribution is 2.25. The minimum Gasteiger partial charge on any atom is -0.497 e. The lowest BCUT2D eigenvalue weighted by Gasteiger charge is -2.16. The van der Waals surface area contributed by atoms with Gasteiger partial charge in [-0.3, -0.25) is 0 Å². The van der Waals surface area contributed by atoms with E-state index in [0.717, 1.165) is 17.0 Å². The van der Waals surface area contributed by atoms with Gasteiger partial charge in [0.2, 0.25) is 0 Å². The largest absolute Gasteiger partial charge is 0.497 e. The van der Waals surface area contributed by atoms with Crippen LogP contribution in [0.5, 0.6) is 5.75 Å². The second kappa shape index (κ2) is 6.31. The van der Waals surface area contributed by atoms with Gasteiger partial charge in [0, 0.05) is 11.7 Å². The number of rotatable bonds is 4. The van der Waals surface area contributed by atoms with Crippen molar-refractivity contribution in [1.82, 2.24) is 0 Å². The maximum Gasteiger partial charge on any atom is 0.119 e. The Balaban J connectivity index is 2.17. The minimum absolute atomic E-state index is 0.106. The molecule has 20 heavy (non-hydrogen) atoms. The molecule has 102 valence electrons. The highest BCUT2D eigenvalue weighted by atomic mass is 35.5. The standard InChI is InChI=1S/C16H15ClN2O/c1-11(12-4-3-5-15(8-12)20-2)19-14-7-6-13(10-18)16(17)9-14/h3-9,11,19H,1-2H3. The molecule has 1 atom stereocenters. The molecule has 0 aromatic heterocycles. The van der Waals surface area contributed by atoms with Gasteiger partial charge >= 0.3 is 0 Å². The molecule has 0 radical (unpaired) electrons. The van der Waals surface area contributed by atoms with Crippen LogP contribution in [0.25, 0.3) is 0 Å². The molecule has 0 fully saturated rings. The number of methoxy groups -OCH3 is 1. The van der Waals surface area contributed by atoms with Gasteiger partial charge in [-0.05, 0) is 42.8 Å². The summed E-state index contributed by atoms with van der Waals surface area (Å²) in [5, 5.41) is 12.7. The number of benzene rings is 2. The van der Waals surface area contributed by atoms with Crippen molar-refractivity contribution in [3.05, 3.63) is 58.6 Å². The van der Waals surface area contributed by atoms with Crippen molar-refractivity contribution >= 4 is 17.3 Å². The summed E-state index contributed by atoms with van der Waals surface area (Å²) >= 11 is 6.02. The molecule has 0 aliphatic rings. The monoisotopic (exact) mass is 286 g/mol. The smallest absolute Gasteiger partial charge is 0.119 e. The lowest BCUT2D eigenvalue weighted by molar-refractivity contribution is 0.414. The van der Waals surface area contributed by atoms with E-state index in [4.69, 9.17) is 21.6 Å². The molecule has 1 unspecified atom stereocenters. The fourth-order valence-electron chi connectivity index (χ4n) is 1.94. The van der Waals surface area contributed by atoms with Gasteiger partial charge in [0.1, 0.15) is 11.8 Å². The molecule has 0 heterocycles. The normalized spacial score (nSPS) is 11.5. The number of nitrogens with zero attached hydrogens (tertiary/aromatic N) is 1. The number of hydrogen-bond donors (Lipinski definition) is 1. The van der Waals surface area contributed by atoms with Crippen molar-refractivity contribution in [2.24, 2.45) is 0 Å². The lowest BCUT2D eigenvalue weighted by Crippen LogP contribution is -2.06. The van der Waals surface area contributed by atoms with Crippen molar-refractivity contribution in [2.75, 3.05) is 12.4 Å². The van der Waals surface area contributed by atoms with Gasteiger partial charge in [0.15, 0.2) is 0 Å². The summed E-state index contributed by atoms with van der Waals surface area (Å²) in [5.41, 5.74) is 2.47. The van der Waals surface area contributed by atoms with Crippen molar-refractivity contribution in [1.29, 1.82) is 5.26 Å². The van der Waals surface area contributed by atoms with Gasteiger partial charge in [-0.1, -0.05) is 23.7 Å². The van der Waals surface area contributed by atoms with Gasteiger partial charge in [0.05, 0.1) is 17.7 Å². The first-order chi connectivity index (χ1) is 9.63. The Hall–Kier alpha value is -2.18. The maximum absolute atomic E-state index is 8.86. The van der Waals surface area contributed by atoms with E-state index in [1.165, 1.54) is 0 Å². The number of nitrogens with one attached hydrogen (secondary N) is 1. The Morgan fingerprint density at radius 1 is 1.25 bits per heavy atom. The zero-order chi connectivity index (χ0) is 14.5. The van der Waals surface area contributed by atoms with Crippen LogP contribution in [0.2, 0.25) is 5.02 Å². The molecule has 4 heteroatoms. The molecular formula is C16H15ClN2O. The molecular weight excluding hydrogens is 272 g/mol.